The van der Waals surface area contributed by atoms with Crippen molar-refractivity contribution in [2.24, 2.45) is 46.3 Å². The van der Waals surface area contributed by atoms with Crippen LogP contribution in [-0.2, 0) is 0 Å². The third-order valence-corrected chi connectivity index (χ3v) is 10.6. The fourth-order valence-electron chi connectivity index (χ4n) is 8.61. The minimum atomic E-state index is -0.0892. The first-order valence-corrected chi connectivity index (χ1v) is 12.8. The van der Waals surface area contributed by atoms with E-state index in [1.54, 1.807) is 5.57 Å². The van der Waals surface area contributed by atoms with Crippen LogP contribution in [0.4, 0.5) is 0 Å². The average molecular weight is 396 g/mol. The van der Waals surface area contributed by atoms with E-state index in [0.29, 0.717) is 22.6 Å². The van der Waals surface area contributed by atoms with Crippen LogP contribution >= 0.6 is 0 Å². The molecule has 0 saturated heterocycles. The van der Waals surface area contributed by atoms with Crippen LogP contribution < -0.4 is 0 Å². The van der Waals surface area contributed by atoms with E-state index < -0.39 is 0 Å². The SMILES string of the molecule is [B]C(CCC(C)[C@H]1CCC2[C@@H]3CC=C4C[C@@H](O)CCC4(C)C3CC[C@@]21C)C(C)C. The molecule has 0 aromatic rings. The zero-order valence-electron chi connectivity index (χ0n) is 19.8. The van der Waals surface area contributed by atoms with E-state index in [2.05, 4.69) is 40.7 Å². The Hall–Kier alpha value is -0.235. The van der Waals surface area contributed by atoms with Crippen molar-refractivity contribution in [3.05, 3.63) is 11.6 Å². The average Bonchev–Trinajstić information content (AvgIpc) is 3.03. The van der Waals surface area contributed by atoms with Gasteiger partial charge in [-0.15, -0.1) is 0 Å². The summed E-state index contributed by atoms with van der Waals surface area (Å²) in [5, 5.41) is 10.2. The fraction of sp³-hybridized carbons (Fsp3) is 0.926. The Morgan fingerprint density at radius 2 is 1.79 bits per heavy atom. The number of aliphatic hydroxyl groups is 1. The Balaban J connectivity index is 1.49. The maximum atomic E-state index is 10.2. The van der Waals surface area contributed by atoms with E-state index in [0.717, 1.165) is 42.4 Å². The van der Waals surface area contributed by atoms with E-state index in [1.165, 1.54) is 51.4 Å². The molecule has 2 radical (unpaired) electrons. The highest BCUT2D eigenvalue weighted by molar-refractivity contribution is 6.11. The smallest absolute Gasteiger partial charge is 0.0703 e. The summed E-state index contributed by atoms with van der Waals surface area (Å²) in [5.74, 6) is 5.31. The lowest BCUT2D eigenvalue weighted by molar-refractivity contribution is -0.0573. The number of fused-ring (bicyclic) bond motifs is 5. The van der Waals surface area contributed by atoms with Gasteiger partial charge in [0.2, 0.25) is 0 Å². The number of allylic oxidation sites excluding steroid dienone is 1. The molecule has 0 aromatic carbocycles. The van der Waals surface area contributed by atoms with Gasteiger partial charge in [-0.05, 0) is 91.8 Å². The molecule has 0 bridgehead atoms. The zero-order valence-corrected chi connectivity index (χ0v) is 19.8. The number of hydrogen-bond acceptors (Lipinski definition) is 1. The molecule has 2 heteroatoms. The number of rotatable bonds is 5. The molecule has 9 atom stereocenters. The van der Waals surface area contributed by atoms with E-state index in [1.807, 2.05) is 0 Å². The highest BCUT2D eigenvalue weighted by Gasteiger charge is 2.59. The first-order valence-electron chi connectivity index (χ1n) is 12.8. The third kappa shape index (κ3) is 3.68. The van der Waals surface area contributed by atoms with E-state index in [-0.39, 0.29) is 6.10 Å². The molecule has 5 unspecified atom stereocenters. The third-order valence-electron chi connectivity index (χ3n) is 10.6. The monoisotopic (exact) mass is 396 g/mol. The minimum absolute atomic E-state index is 0.0892. The van der Waals surface area contributed by atoms with Gasteiger partial charge >= 0.3 is 0 Å². The largest absolute Gasteiger partial charge is 0.393 e. The van der Waals surface area contributed by atoms with E-state index in [9.17, 15) is 5.11 Å². The first-order chi connectivity index (χ1) is 13.7. The van der Waals surface area contributed by atoms with Gasteiger partial charge in [-0.25, -0.2) is 0 Å². The second-order valence-electron chi connectivity index (χ2n) is 12.3. The van der Waals surface area contributed by atoms with Gasteiger partial charge in [0.15, 0.2) is 0 Å². The summed E-state index contributed by atoms with van der Waals surface area (Å²) in [5.41, 5.74) is 2.52. The minimum Gasteiger partial charge on any atom is -0.393 e. The lowest BCUT2D eigenvalue weighted by Crippen LogP contribution is -2.50. The molecule has 162 valence electrons. The molecular weight excluding hydrogens is 351 g/mol. The molecule has 0 aliphatic heterocycles. The molecule has 0 heterocycles. The maximum Gasteiger partial charge on any atom is 0.0703 e. The quantitative estimate of drug-likeness (QED) is 0.394. The molecule has 4 aliphatic carbocycles. The lowest BCUT2D eigenvalue weighted by Gasteiger charge is -2.58. The summed E-state index contributed by atoms with van der Waals surface area (Å²) in [7, 11) is 6.38. The van der Waals surface area contributed by atoms with Crippen LogP contribution in [0.25, 0.3) is 0 Å². The Bertz CT molecular complexity index is 626. The Morgan fingerprint density at radius 3 is 2.52 bits per heavy atom. The number of aliphatic hydroxyl groups excluding tert-OH is 1. The number of hydrogen-bond donors (Lipinski definition) is 1. The van der Waals surface area contributed by atoms with Crippen molar-refractivity contribution in [1.82, 2.24) is 0 Å². The molecule has 3 saturated carbocycles. The second-order valence-corrected chi connectivity index (χ2v) is 12.3. The normalized spacial score (nSPS) is 46.4. The first kappa shape index (κ1) is 22.0. The van der Waals surface area contributed by atoms with E-state index >= 15 is 0 Å². The van der Waals surface area contributed by atoms with Gasteiger partial charge < -0.3 is 5.11 Å². The molecule has 1 nitrogen and oxygen atoms in total. The highest BCUT2D eigenvalue weighted by atomic mass is 16.3. The predicted octanol–water partition coefficient (Wildman–Crippen LogP) is 6.96. The summed E-state index contributed by atoms with van der Waals surface area (Å²) in [6.07, 6.45) is 15.1. The zero-order chi connectivity index (χ0) is 21.0. The highest BCUT2D eigenvalue weighted by Crippen LogP contribution is 2.67. The molecule has 0 amide bonds. The van der Waals surface area contributed by atoms with Crippen LogP contribution in [0.2, 0.25) is 5.82 Å². The van der Waals surface area contributed by atoms with Crippen molar-refractivity contribution in [3.8, 4) is 0 Å². The van der Waals surface area contributed by atoms with Crippen molar-refractivity contribution in [2.45, 2.75) is 111 Å². The van der Waals surface area contributed by atoms with Crippen molar-refractivity contribution in [1.29, 1.82) is 0 Å². The summed E-state index contributed by atoms with van der Waals surface area (Å²) in [6.45, 7) is 12.3. The van der Waals surface area contributed by atoms with Gasteiger partial charge in [-0.3, -0.25) is 0 Å². The summed E-state index contributed by atoms with van der Waals surface area (Å²) in [4.78, 5) is 0. The van der Waals surface area contributed by atoms with Gasteiger partial charge in [-0.1, -0.05) is 70.8 Å². The van der Waals surface area contributed by atoms with Crippen LogP contribution in [0.5, 0.6) is 0 Å². The molecule has 0 aromatic heterocycles. The standard InChI is InChI=1S/C27H45BO/c1-17(2)25(28)11-6-18(3)22-9-10-23-21-8-7-19-16-20(29)12-14-26(19,4)24(21)13-15-27(22,23)5/h7,17-18,20-25,29H,6,8-16H2,1-5H3/t18?,20-,21-,22+,23?,24?,25?,26?,27+/m0/s1. The van der Waals surface area contributed by atoms with Crippen LogP contribution in [0, 0.1) is 46.3 Å². The van der Waals surface area contributed by atoms with Crippen molar-refractivity contribution in [2.75, 3.05) is 0 Å². The Morgan fingerprint density at radius 1 is 1.03 bits per heavy atom. The van der Waals surface area contributed by atoms with Crippen LogP contribution in [0.1, 0.15) is 98.8 Å². The van der Waals surface area contributed by atoms with Gasteiger partial charge in [-0.2, -0.15) is 0 Å². The molecular formula is C27H45BO. The van der Waals surface area contributed by atoms with Gasteiger partial charge in [0, 0.05) is 0 Å². The molecule has 0 spiro atoms. The lowest BCUT2D eigenvalue weighted by atomic mass is 9.47. The van der Waals surface area contributed by atoms with Crippen molar-refractivity contribution in [3.63, 3.8) is 0 Å². The second kappa shape index (κ2) is 8.03. The van der Waals surface area contributed by atoms with Crippen molar-refractivity contribution >= 4 is 7.85 Å². The van der Waals surface area contributed by atoms with Crippen LogP contribution in [0.15, 0.2) is 11.6 Å². The topological polar surface area (TPSA) is 20.2 Å². The van der Waals surface area contributed by atoms with Crippen LogP contribution in [-0.4, -0.2) is 19.1 Å². The molecule has 4 rings (SSSR count). The molecule has 1 N–H and O–H groups in total. The summed E-state index contributed by atoms with van der Waals surface area (Å²) in [6, 6.07) is 0. The fourth-order valence-corrected chi connectivity index (χ4v) is 8.61. The Labute approximate surface area is 181 Å². The maximum absolute atomic E-state index is 10.2. The molecule has 29 heavy (non-hydrogen) atoms. The summed E-state index contributed by atoms with van der Waals surface area (Å²) < 4.78 is 0. The molecule has 4 aliphatic rings. The van der Waals surface area contributed by atoms with Gasteiger partial charge in [0.1, 0.15) is 0 Å². The molecule has 3 fully saturated rings. The predicted molar refractivity (Wildman–Crippen MR) is 124 cm³/mol. The van der Waals surface area contributed by atoms with E-state index in [4.69, 9.17) is 7.85 Å². The Kier molecular flexibility index (Phi) is 6.09. The van der Waals surface area contributed by atoms with Crippen LogP contribution in [0.3, 0.4) is 0 Å². The van der Waals surface area contributed by atoms with Gasteiger partial charge in [0.05, 0.1) is 14.0 Å². The van der Waals surface area contributed by atoms with Crippen molar-refractivity contribution < 1.29 is 5.11 Å². The van der Waals surface area contributed by atoms with Gasteiger partial charge in [0.25, 0.3) is 0 Å². The summed E-state index contributed by atoms with van der Waals surface area (Å²) >= 11 is 0.